The zero-order valence-electron chi connectivity index (χ0n) is 10.1. The molecule has 7 heteroatoms. The Balaban J connectivity index is 2.41. The molecule has 0 saturated heterocycles. The monoisotopic (exact) mass is 383 g/mol. The van der Waals surface area contributed by atoms with Crippen LogP contribution in [0.4, 0.5) is 22.9 Å². The number of nitrogens with zero attached hydrogens (tertiary/aromatic N) is 3. The Bertz CT molecular complexity index is 655. The van der Waals surface area contributed by atoms with Gasteiger partial charge in [-0.15, -0.1) is 10.2 Å². The third-order valence-corrected chi connectivity index (χ3v) is 3.50. The maximum atomic E-state index is 5.89. The van der Waals surface area contributed by atoms with Crippen LogP contribution in [0.2, 0.25) is 0 Å². The summed E-state index contributed by atoms with van der Waals surface area (Å²) in [5, 5.41) is 8.23. The molecule has 0 atom stereocenters. The first-order valence-electron chi connectivity index (χ1n) is 5.36. The topological polar surface area (TPSA) is 89.7 Å². The second kappa shape index (κ2) is 5.66. The van der Waals surface area contributed by atoms with Crippen molar-refractivity contribution < 1.29 is 0 Å². The molecule has 19 heavy (non-hydrogen) atoms. The molecule has 0 radical (unpaired) electrons. The molecule has 0 aliphatic carbocycles. The first kappa shape index (κ1) is 14.0. The second-order valence-corrected chi connectivity index (χ2v) is 5.66. The molecule has 2 aromatic rings. The van der Waals surface area contributed by atoms with Crippen molar-refractivity contribution >= 4 is 54.7 Å². The Morgan fingerprint density at radius 1 is 1.16 bits per heavy atom. The number of rotatable bonds is 2. The quantitative estimate of drug-likeness (QED) is 0.590. The minimum Gasteiger partial charge on any atom is -0.397 e. The lowest BCUT2D eigenvalue weighted by Crippen LogP contribution is -1.95. The van der Waals surface area contributed by atoms with Gasteiger partial charge in [-0.1, -0.05) is 6.07 Å². The molecule has 2 rings (SSSR count). The Morgan fingerprint density at radius 2 is 1.89 bits per heavy atom. The summed E-state index contributed by atoms with van der Waals surface area (Å²) in [6.45, 7) is 1.90. The second-order valence-electron chi connectivity index (χ2n) is 3.89. The fourth-order valence-corrected chi connectivity index (χ4v) is 2.51. The van der Waals surface area contributed by atoms with Crippen LogP contribution < -0.4 is 11.5 Å². The Hall–Kier alpha value is -1.47. The number of nitrogen functional groups attached to an aromatic ring is 2. The average molecular weight is 385 g/mol. The predicted octanol–water partition coefficient (Wildman–Crippen LogP) is 4.49. The van der Waals surface area contributed by atoms with Crippen molar-refractivity contribution in [1.82, 2.24) is 4.98 Å². The van der Waals surface area contributed by atoms with Gasteiger partial charge < -0.3 is 11.5 Å². The van der Waals surface area contributed by atoms with Crippen LogP contribution in [0.15, 0.2) is 43.6 Å². The molecule has 4 N–H and O–H groups in total. The molecule has 0 aliphatic rings. The molecule has 0 unspecified atom stereocenters. The van der Waals surface area contributed by atoms with Crippen LogP contribution in [0.5, 0.6) is 0 Å². The van der Waals surface area contributed by atoms with E-state index in [0.717, 1.165) is 14.5 Å². The number of hydrogen-bond acceptors (Lipinski definition) is 5. The number of hydrogen-bond donors (Lipinski definition) is 2. The summed E-state index contributed by atoms with van der Waals surface area (Å²) in [7, 11) is 0. The molecular formula is C12H11Br2N5. The van der Waals surface area contributed by atoms with Crippen molar-refractivity contribution in [3.63, 3.8) is 0 Å². The van der Waals surface area contributed by atoms with Crippen LogP contribution >= 0.6 is 31.9 Å². The van der Waals surface area contributed by atoms with E-state index in [4.69, 9.17) is 11.5 Å². The highest BCUT2D eigenvalue weighted by Crippen LogP contribution is 2.34. The smallest absolute Gasteiger partial charge is 0.188 e. The number of pyridine rings is 1. The summed E-state index contributed by atoms with van der Waals surface area (Å²) in [5.74, 6) is 0.476. The minimum atomic E-state index is 0.428. The highest BCUT2D eigenvalue weighted by atomic mass is 79.9. The summed E-state index contributed by atoms with van der Waals surface area (Å²) in [6, 6.07) is 5.44. The number of azo groups is 1. The van der Waals surface area contributed by atoms with Crippen LogP contribution in [-0.4, -0.2) is 4.98 Å². The van der Waals surface area contributed by atoms with E-state index in [-0.39, 0.29) is 0 Å². The van der Waals surface area contributed by atoms with Crippen molar-refractivity contribution in [3.8, 4) is 0 Å². The SMILES string of the molecule is Cc1ccc(N)c(N)c1N=Nc1ncc(Br)cc1Br. The fraction of sp³-hybridized carbons (Fsp3) is 0.0833. The van der Waals surface area contributed by atoms with Gasteiger partial charge in [-0.3, -0.25) is 0 Å². The molecule has 5 nitrogen and oxygen atoms in total. The molecule has 0 amide bonds. The average Bonchev–Trinajstić information content (AvgIpc) is 2.36. The third kappa shape index (κ3) is 3.10. The highest BCUT2D eigenvalue weighted by Gasteiger charge is 2.06. The summed E-state index contributed by atoms with van der Waals surface area (Å²) >= 11 is 6.69. The summed E-state index contributed by atoms with van der Waals surface area (Å²) in [4.78, 5) is 4.15. The largest absolute Gasteiger partial charge is 0.397 e. The maximum absolute atomic E-state index is 5.89. The van der Waals surface area contributed by atoms with Crippen molar-refractivity contribution in [2.75, 3.05) is 11.5 Å². The summed E-state index contributed by atoms with van der Waals surface area (Å²) < 4.78 is 1.60. The van der Waals surface area contributed by atoms with Crippen LogP contribution in [0.25, 0.3) is 0 Å². The van der Waals surface area contributed by atoms with Gasteiger partial charge in [-0.05, 0) is 56.5 Å². The van der Waals surface area contributed by atoms with Gasteiger partial charge in [0.1, 0.15) is 5.69 Å². The summed E-state index contributed by atoms with van der Waals surface area (Å²) in [6.07, 6.45) is 1.65. The van der Waals surface area contributed by atoms with Gasteiger partial charge in [-0.2, -0.15) is 0 Å². The number of anilines is 2. The fourth-order valence-electron chi connectivity index (χ4n) is 1.44. The zero-order chi connectivity index (χ0) is 14.0. The molecule has 1 aromatic carbocycles. The number of nitrogens with two attached hydrogens (primary N) is 2. The number of aryl methyl sites for hydroxylation is 1. The van der Waals surface area contributed by atoms with Crippen molar-refractivity contribution in [2.45, 2.75) is 6.92 Å². The third-order valence-electron chi connectivity index (χ3n) is 2.49. The molecule has 98 valence electrons. The highest BCUT2D eigenvalue weighted by molar-refractivity contribution is 9.11. The normalized spacial score (nSPS) is 11.1. The molecule has 0 aliphatic heterocycles. The van der Waals surface area contributed by atoms with E-state index in [1.807, 2.05) is 19.1 Å². The van der Waals surface area contributed by atoms with E-state index >= 15 is 0 Å². The van der Waals surface area contributed by atoms with Gasteiger partial charge in [0.05, 0.1) is 15.8 Å². The first-order chi connectivity index (χ1) is 8.99. The van der Waals surface area contributed by atoms with Gasteiger partial charge in [0.2, 0.25) is 0 Å². The minimum absolute atomic E-state index is 0.428. The van der Waals surface area contributed by atoms with Crippen LogP contribution in [0.3, 0.4) is 0 Å². The number of halogens is 2. The number of benzene rings is 1. The van der Waals surface area contributed by atoms with Gasteiger partial charge in [0.25, 0.3) is 0 Å². The lowest BCUT2D eigenvalue weighted by atomic mass is 10.1. The molecule has 1 heterocycles. The van der Waals surface area contributed by atoms with Crippen LogP contribution in [0.1, 0.15) is 5.56 Å². The lowest BCUT2D eigenvalue weighted by molar-refractivity contribution is 1.13. The molecule has 0 spiro atoms. The number of aromatic nitrogens is 1. The maximum Gasteiger partial charge on any atom is 0.188 e. The van der Waals surface area contributed by atoms with E-state index in [1.165, 1.54) is 0 Å². The van der Waals surface area contributed by atoms with Crippen molar-refractivity contribution in [3.05, 3.63) is 38.9 Å². The molecule has 0 bridgehead atoms. The lowest BCUT2D eigenvalue weighted by Gasteiger charge is -2.06. The predicted molar refractivity (Wildman–Crippen MR) is 83.8 cm³/mol. The van der Waals surface area contributed by atoms with Crippen LogP contribution in [0, 0.1) is 6.92 Å². The molecule has 1 aromatic heterocycles. The Labute approximate surface area is 127 Å². The van der Waals surface area contributed by atoms with E-state index in [0.29, 0.717) is 22.9 Å². The van der Waals surface area contributed by atoms with Crippen molar-refractivity contribution in [1.29, 1.82) is 0 Å². The molecule has 0 saturated carbocycles. The van der Waals surface area contributed by atoms with Gasteiger partial charge in [0, 0.05) is 10.7 Å². The van der Waals surface area contributed by atoms with Crippen LogP contribution in [-0.2, 0) is 0 Å². The first-order valence-corrected chi connectivity index (χ1v) is 6.95. The Morgan fingerprint density at radius 3 is 2.58 bits per heavy atom. The van der Waals surface area contributed by atoms with E-state index in [1.54, 1.807) is 12.3 Å². The van der Waals surface area contributed by atoms with Gasteiger partial charge >= 0.3 is 0 Å². The molecule has 0 fully saturated rings. The van der Waals surface area contributed by atoms with E-state index in [9.17, 15) is 0 Å². The van der Waals surface area contributed by atoms with Gasteiger partial charge in [-0.25, -0.2) is 4.98 Å². The Kier molecular flexibility index (Phi) is 4.16. The van der Waals surface area contributed by atoms with Crippen molar-refractivity contribution in [2.24, 2.45) is 10.2 Å². The summed E-state index contributed by atoms with van der Waals surface area (Å²) in [5.41, 5.74) is 14.0. The van der Waals surface area contributed by atoms with E-state index < -0.39 is 0 Å². The zero-order valence-corrected chi connectivity index (χ0v) is 13.2. The van der Waals surface area contributed by atoms with Gasteiger partial charge in [0.15, 0.2) is 5.82 Å². The van der Waals surface area contributed by atoms with E-state index in [2.05, 4.69) is 47.1 Å². The standard InChI is InChI=1S/C12H11Br2N5/c1-6-2-3-9(15)10(16)11(6)18-19-12-8(14)4-7(13)5-17-12/h2-5H,15-16H2,1H3. The molecular weight excluding hydrogens is 374 g/mol.